The van der Waals surface area contributed by atoms with Gasteiger partial charge >= 0.3 is 6.03 Å². The molecule has 2 atom stereocenters. The minimum atomic E-state index is -0.989. The molecule has 4 nitrogen and oxygen atoms in total. The van der Waals surface area contributed by atoms with Gasteiger partial charge in [-0.25, -0.2) is 4.79 Å². The van der Waals surface area contributed by atoms with Crippen LogP contribution in [0.15, 0.2) is 48.5 Å². The van der Waals surface area contributed by atoms with E-state index < -0.39 is 10.8 Å². The lowest BCUT2D eigenvalue weighted by atomic mass is 10.1. The van der Waals surface area contributed by atoms with Crippen LogP contribution in [0.3, 0.4) is 0 Å². The number of nitrogens with one attached hydrogen (secondary N) is 2. The van der Waals surface area contributed by atoms with Crippen LogP contribution >= 0.6 is 11.6 Å². The summed E-state index contributed by atoms with van der Waals surface area (Å²) < 4.78 is 12.0. The van der Waals surface area contributed by atoms with Crippen molar-refractivity contribution in [2.75, 3.05) is 5.32 Å². The average molecular weight is 393 g/mol. The van der Waals surface area contributed by atoms with Crippen molar-refractivity contribution in [3.8, 4) is 0 Å². The monoisotopic (exact) mass is 392 g/mol. The normalized spacial score (nSPS) is 13.7. The molecular weight excluding hydrogens is 368 g/mol. The molecule has 0 aromatic heterocycles. The number of halogens is 1. The lowest BCUT2D eigenvalue weighted by molar-refractivity contribution is 0.249. The first kappa shape index (κ1) is 20.5. The average Bonchev–Trinajstić information content (AvgIpc) is 2.54. The van der Waals surface area contributed by atoms with Gasteiger partial charge in [0.2, 0.25) is 0 Å². The van der Waals surface area contributed by atoms with Gasteiger partial charge in [-0.1, -0.05) is 41.9 Å². The van der Waals surface area contributed by atoms with Crippen molar-refractivity contribution < 1.29 is 9.00 Å². The third-order valence-electron chi connectivity index (χ3n) is 3.88. The van der Waals surface area contributed by atoms with Crippen molar-refractivity contribution in [3.05, 3.63) is 64.7 Å². The minimum absolute atomic E-state index is 0.222. The van der Waals surface area contributed by atoms with Gasteiger partial charge < -0.3 is 10.6 Å². The maximum absolute atomic E-state index is 12.3. The highest BCUT2D eigenvalue weighted by molar-refractivity contribution is 7.85. The molecule has 26 heavy (non-hydrogen) atoms. The minimum Gasteiger partial charge on any atom is -0.331 e. The fraction of sp³-hybridized carbons (Fsp3) is 0.350. The van der Waals surface area contributed by atoms with Crippen LogP contribution in [0.25, 0.3) is 0 Å². The Morgan fingerprint density at radius 3 is 2.50 bits per heavy atom. The summed E-state index contributed by atoms with van der Waals surface area (Å²) in [4.78, 5) is 12.3. The Morgan fingerprint density at radius 1 is 1.15 bits per heavy atom. The molecule has 0 aliphatic carbocycles. The van der Waals surface area contributed by atoms with E-state index >= 15 is 0 Å². The molecule has 2 rings (SSSR count). The number of rotatable bonds is 5. The highest BCUT2D eigenvalue weighted by Gasteiger charge is 2.19. The maximum Gasteiger partial charge on any atom is 0.319 e. The molecule has 0 spiro atoms. The maximum atomic E-state index is 12.3. The fourth-order valence-electron chi connectivity index (χ4n) is 2.37. The van der Waals surface area contributed by atoms with Crippen LogP contribution in [0.5, 0.6) is 0 Å². The van der Waals surface area contributed by atoms with Crippen LogP contribution in [-0.2, 0) is 16.6 Å². The lowest BCUT2D eigenvalue weighted by Crippen LogP contribution is -2.31. The van der Waals surface area contributed by atoms with Crippen molar-refractivity contribution in [1.29, 1.82) is 0 Å². The zero-order valence-corrected chi connectivity index (χ0v) is 17.1. The molecule has 0 aliphatic heterocycles. The molecule has 0 bridgehead atoms. The predicted molar refractivity (Wildman–Crippen MR) is 110 cm³/mol. The summed E-state index contributed by atoms with van der Waals surface area (Å²) in [5.41, 5.74) is 2.45. The summed E-state index contributed by atoms with van der Waals surface area (Å²) in [6, 6.07) is 14.3. The Morgan fingerprint density at radius 2 is 1.85 bits per heavy atom. The van der Waals surface area contributed by atoms with E-state index in [0.29, 0.717) is 16.5 Å². The molecule has 2 amide bonds. The lowest BCUT2D eigenvalue weighted by Gasteiger charge is -2.18. The topological polar surface area (TPSA) is 58.2 Å². The van der Waals surface area contributed by atoms with E-state index in [2.05, 4.69) is 10.6 Å². The van der Waals surface area contributed by atoms with Crippen LogP contribution in [0.2, 0.25) is 5.02 Å². The SMILES string of the molecule is CC(NC(=O)Nc1cccc(CS(=O)C(C)(C)C)c1)c1ccccc1Cl. The van der Waals surface area contributed by atoms with Gasteiger partial charge in [0, 0.05) is 32.0 Å². The van der Waals surface area contributed by atoms with Crippen LogP contribution in [0.4, 0.5) is 10.5 Å². The summed E-state index contributed by atoms with van der Waals surface area (Å²) in [6.07, 6.45) is 0. The van der Waals surface area contributed by atoms with E-state index in [1.54, 1.807) is 6.07 Å². The molecule has 0 heterocycles. The van der Waals surface area contributed by atoms with Gasteiger partial charge in [0.15, 0.2) is 0 Å². The van der Waals surface area contributed by atoms with Gasteiger partial charge in [-0.3, -0.25) is 4.21 Å². The van der Waals surface area contributed by atoms with E-state index in [1.807, 2.05) is 70.2 Å². The number of urea groups is 1. The first-order chi connectivity index (χ1) is 12.2. The van der Waals surface area contributed by atoms with Gasteiger partial charge in [0.1, 0.15) is 0 Å². The zero-order chi connectivity index (χ0) is 19.3. The quantitative estimate of drug-likeness (QED) is 0.728. The predicted octanol–water partition coefficient (Wildman–Crippen LogP) is 5.27. The van der Waals surface area contributed by atoms with Crippen molar-refractivity contribution in [2.45, 2.75) is 44.2 Å². The molecule has 0 saturated carbocycles. The van der Waals surface area contributed by atoms with Crippen molar-refractivity contribution >= 4 is 34.1 Å². The first-order valence-electron chi connectivity index (χ1n) is 8.46. The Bertz CT molecular complexity index is 802. The molecule has 0 saturated heterocycles. The fourth-order valence-corrected chi connectivity index (χ4v) is 3.59. The number of anilines is 1. The van der Waals surface area contributed by atoms with Crippen molar-refractivity contribution in [3.63, 3.8) is 0 Å². The second kappa shape index (κ2) is 8.69. The molecule has 140 valence electrons. The number of hydrogen-bond donors (Lipinski definition) is 2. The molecule has 2 aromatic carbocycles. The summed E-state index contributed by atoms with van der Waals surface area (Å²) >= 11 is 6.17. The second-order valence-electron chi connectivity index (χ2n) is 7.14. The van der Waals surface area contributed by atoms with Crippen molar-refractivity contribution in [1.82, 2.24) is 5.32 Å². The molecule has 0 fully saturated rings. The van der Waals surface area contributed by atoms with E-state index in [9.17, 15) is 9.00 Å². The largest absolute Gasteiger partial charge is 0.331 e. The molecule has 2 aromatic rings. The molecular formula is C20H25ClN2O2S. The van der Waals surface area contributed by atoms with Crippen LogP contribution in [0, 0.1) is 0 Å². The Balaban J connectivity index is 2.00. The smallest absolute Gasteiger partial charge is 0.319 e. The summed E-state index contributed by atoms with van der Waals surface area (Å²) in [5, 5.41) is 6.32. The van der Waals surface area contributed by atoms with Gasteiger partial charge in [0.05, 0.1) is 6.04 Å². The van der Waals surface area contributed by atoms with Crippen LogP contribution < -0.4 is 10.6 Å². The third-order valence-corrected chi connectivity index (χ3v) is 6.19. The van der Waals surface area contributed by atoms with E-state index in [-0.39, 0.29) is 16.8 Å². The summed E-state index contributed by atoms with van der Waals surface area (Å²) in [6.45, 7) is 7.74. The second-order valence-corrected chi connectivity index (χ2v) is 9.76. The van der Waals surface area contributed by atoms with E-state index in [0.717, 1.165) is 11.1 Å². The van der Waals surface area contributed by atoms with Crippen LogP contribution in [-0.4, -0.2) is 15.0 Å². The van der Waals surface area contributed by atoms with Crippen LogP contribution in [0.1, 0.15) is 44.9 Å². The molecule has 2 N–H and O–H groups in total. The highest BCUT2D eigenvalue weighted by atomic mass is 35.5. The standard InChI is InChI=1S/C20H25ClN2O2S/c1-14(17-10-5-6-11-18(17)21)22-19(24)23-16-9-7-8-15(12-16)13-26(25)20(2,3)4/h5-12,14H,13H2,1-4H3,(H2,22,23,24). The Kier molecular flexibility index (Phi) is 6.84. The third kappa shape index (κ3) is 5.85. The molecule has 0 aliphatic rings. The number of carbonyl (C=O) groups excluding carboxylic acids is 1. The summed E-state index contributed by atoms with van der Waals surface area (Å²) in [7, 11) is -0.989. The Hall–Kier alpha value is -1.85. The number of hydrogen-bond acceptors (Lipinski definition) is 2. The molecule has 6 heteroatoms. The first-order valence-corrected chi connectivity index (χ1v) is 10.2. The number of carbonyl (C=O) groups is 1. The van der Waals surface area contributed by atoms with Crippen molar-refractivity contribution in [2.24, 2.45) is 0 Å². The zero-order valence-electron chi connectivity index (χ0n) is 15.5. The van der Waals surface area contributed by atoms with Gasteiger partial charge in [-0.2, -0.15) is 0 Å². The number of benzene rings is 2. The van der Waals surface area contributed by atoms with Gasteiger partial charge in [-0.05, 0) is 57.0 Å². The highest BCUT2D eigenvalue weighted by Crippen LogP contribution is 2.22. The van der Waals surface area contributed by atoms with E-state index in [4.69, 9.17) is 11.6 Å². The Labute approximate surface area is 162 Å². The molecule has 2 unspecified atom stereocenters. The van der Waals surface area contributed by atoms with Gasteiger partial charge in [0.25, 0.3) is 0 Å². The van der Waals surface area contributed by atoms with E-state index in [1.165, 1.54) is 0 Å². The van der Waals surface area contributed by atoms with Gasteiger partial charge in [-0.15, -0.1) is 0 Å². The summed E-state index contributed by atoms with van der Waals surface area (Å²) in [5.74, 6) is 0.455. The molecule has 0 radical (unpaired) electrons. The number of amides is 2.